The van der Waals surface area contributed by atoms with Crippen LogP contribution in [-0.2, 0) is 15.6 Å². The summed E-state index contributed by atoms with van der Waals surface area (Å²) in [5.41, 5.74) is 1.80. The topological polar surface area (TPSA) is 47.0 Å². The fourth-order valence-electron chi connectivity index (χ4n) is 1.77. The van der Waals surface area contributed by atoms with Crippen molar-refractivity contribution in [2.75, 3.05) is 5.75 Å². The number of fused-ring (bicyclic) bond motifs is 1. The molecule has 1 atom stereocenters. The zero-order valence-corrected chi connectivity index (χ0v) is 8.21. The first-order valence-electron chi connectivity index (χ1n) is 4.23. The summed E-state index contributed by atoms with van der Waals surface area (Å²) >= 11 is 0. The van der Waals surface area contributed by atoms with Gasteiger partial charge in [0.15, 0.2) is 9.84 Å². The molecule has 1 aliphatic rings. The zero-order valence-electron chi connectivity index (χ0n) is 7.40. The van der Waals surface area contributed by atoms with Gasteiger partial charge in [-0.25, -0.2) is 8.42 Å². The Labute approximate surface area is 77.7 Å². The van der Waals surface area contributed by atoms with Crippen molar-refractivity contribution in [2.24, 2.45) is 0 Å². The Kier molecular flexibility index (Phi) is 1.87. The maximum atomic E-state index is 11.4. The predicted molar refractivity (Wildman–Crippen MR) is 50.1 cm³/mol. The largest absolute Gasteiger partial charge is 0.261 e. The molecule has 70 valence electrons. The van der Waals surface area contributed by atoms with Crippen LogP contribution in [0.5, 0.6) is 0 Å². The van der Waals surface area contributed by atoms with Crippen LogP contribution < -0.4 is 0 Å². The van der Waals surface area contributed by atoms with E-state index < -0.39 is 9.84 Å². The summed E-state index contributed by atoms with van der Waals surface area (Å²) in [4.78, 5) is 4.20. The molecule has 0 saturated heterocycles. The molecule has 1 aromatic heterocycles. The Balaban J connectivity index is 2.55. The molecule has 0 amide bonds. The fraction of sp³-hybridized carbons (Fsp3) is 0.444. The van der Waals surface area contributed by atoms with Gasteiger partial charge in [-0.05, 0) is 11.6 Å². The van der Waals surface area contributed by atoms with Crippen molar-refractivity contribution >= 4 is 9.84 Å². The van der Waals surface area contributed by atoms with Crippen LogP contribution in [0.25, 0.3) is 0 Å². The molecule has 1 unspecified atom stereocenters. The number of hydrogen-bond acceptors (Lipinski definition) is 3. The molecule has 0 fully saturated rings. The predicted octanol–water partition coefficient (Wildman–Crippen LogP) is 1.11. The lowest BCUT2D eigenvalue weighted by atomic mass is 10.0. The van der Waals surface area contributed by atoms with Gasteiger partial charge in [-0.2, -0.15) is 0 Å². The number of rotatable bonds is 0. The van der Waals surface area contributed by atoms with Gasteiger partial charge >= 0.3 is 0 Å². The summed E-state index contributed by atoms with van der Waals surface area (Å²) in [6.45, 7) is 1.91. The monoisotopic (exact) mass is 197 g/mol. The standard InChI is InChI=1S/C9H11NO2S/c1-7-5-13(11,12)6-8-3-2-4-10-9(7)8/h2-4,7H,5-6H2,1H3. The van der Waals surface area contributed by atoms with Crippen LogP contribution in [0.1, 0.15) is 24.1 Å². The van der Waals surface area contributed by atoms with Gasteiger partial charge in [-0.3, -0.25) is 4.98 Å². The van der Waals surface area contributed by atoms with E-state index in [4.69, 9.17) is 0 Å². The third-order valence-corrected chi connectivity index (χ3v) is 4.03. The normalized spacial score (nSPS) is 25.2. The van der Waals surface area contributed by atoms with E-state index in [0.717, 1.165) is 11.3 Å². The minimum atomic E-state index is -2.89. The molecule has 0 bridgehead atoms. The van der Waals surface area contributed by atoms with Crippen molar-refractivity contribution in [1.29, 1.82) is 0 Å². The number of hydrogen-bond donors (Lipinski definition) is 0. The van der Waals surface area contributed by atoms with Gasteiger partial charge in [-0.1, -0.05) is 13.0 Å². The Morgan fingerprint density at radius 3 is 3.08 bits per heavy atom. The van der Waals surface area contributed by atoms with Gasteiger partial charge in [-0.15, -0.1) is 0 Å². The quantitative estimate of drug-likeness (QED) is 0.626. The molecule has 1 aromatic rings. The van der Waals surface area contributed by atoms with Gasteiger partial charge in [0.1, 0.15) is 0 Å². The molecule has 0 N–H and O–H groups in total. The summed E-state index contributed by atoms with van der Waals surface area (Å²) < 4.78 is 22.8. The van der Waals surface area contributed by atoms with E-state index in [2.05, 4.69) is 4.98 Å². The van der Waals surface area contributed by atoms with Crippen molar-refractivity contribution in [1.82, 2.24) is 4.98 Å². The second-order valence-corrected chi connectivity index (χ2v) is 5.61. The molecule has 0 aromatic carbocycles. The summed E-state index contributed by atoms with van der Waals surface area (Å²) in [5, 5.41) is 0. The van der Waals surface area contributed by atoms with E-state index in [1.807, 2.05) is 13.0 Å². The van der Waals surface area contributed by atoms with Crippen LogP contribution >= 0.6 is 0 Å². The average molecular weight is 197 g/mol. The lowest BCUT2D eigenvalue weighted by Gasteiger charge is -2.20. The first-order chi connectivity index (χ1) is 6.08. The highest BCUT2D eigenvalue weighted by atomic mass is 32.2. The molecule has 13 heavy (non-hydrogen) atoms. The van der Waals surface area contributed by atoms with Crippen molar-refractivity contribution < 1.29 is 8.42 Å². The van der Waals surface area contributed by atoms with Crippen molar-refractivity contribution in [2.45, 2.75) is 18.6 Å². The van der Waals surface area contributed by atoms with Gasteiger partial charge in [0.25, 0.3) is 0 Å². The molecule has 2 heterocycles. The Morgan fingerprint density at radius 1 is 1.54 bits per heavy atom. The smallest absolute Gasteiger partial charge is 0.155 e. The minimum absolute atomic E-state index is 0.0370. The van der Waals surface area contributed by atoms with Crippen LogP contribution in [0.3, 0.4) is 0 Å². The highest BCUT2D eigenvalue weighted by molar-refractivity contribution is 7.90. The Hall–Kier alpha value is -0.900. The van der Waals surface area contributed by atoms with E-state index in [1.54, 1.807) is 12.3 Å². The highest BCUT2D eigenvalue weighted by Gasteiger charge is 2.27. The molecule has 0 radical (unpaired) electrons. The van der Waals surface area contributed by atoms with Crippen molar-refractivity contribution in [3.8, 4) is 0 Å². The minimum Gasteiger partial charge on any atom is -0.261 e. The zero-order chi connectivity index (χ0) is 9.47. The van der Waals surface area contributed by atoms with Gasteiger partial charge in [0.05, 0.1) is 11.5 Å². The first-order valence-corrected chi connectivity index (χ1v) is 6.05. The molecule has 1 aliphatic heterocycles. The second-order valence-electron chi connectivity index (χ2n) is 3.50. The van der Waals surface area contributed by atoms with Gasteiger partial charge in [0.2, 0.25) is 0 Å². The van der Waals surface area contributed by atoms with Crippen LogP contribution in [0.2, 0.25) is 0 Å². The number of sulfone groups is 1. The first kappa shape index (κ1) is 8.69. The number of pyridine rings is 1. The lowest BCUT2D eigenvalue weighted by molar-refractivity contribution is 0.582. The number of aromatic nitrogens is 1. The Bertz CT molecular complexity index is 425. The van der Waals surface area contributed by atoms with Gasteiger partial charge < -0.3 is 0 Å². The maximum Gasteiger partial charge on any atom is 0.155 e. The molecule has 4 heteroatoms. The molecule has 3 nitrogen and oxygen atoms in total. The molecule has 0 saturated carbocycles. The highest BCUT2D eigenvalue weighted by Crippen LogP contribution is 2.26. The molecular weight excluding hydrogens is 186 g/mol. The molecule has 0 spiro atoms. The average Bonchev–Trinajstić information content (AvgIpc) is 2.02. The van der Waals surface area contributed by atoms with E-state index >= 15 is 0 Å². The van der Waals surface area contributed by atoms with Crippen LogP contribution in [0, 0.1) is 0 Å². The van der Waals surface area contributed by atoms with Crippen LogP contribution in [-0.4, -0.2) is 19.2 Å². The Morgan fingerprint density at radius 2 is 2.31 bits per heavy atom. The third-order valence-electron chi connectivity index (χ3n) is 2.27. The molecule has 0 aliphatic carbocycles. The van der Waals surface area contributed by atoms with Crippen LogP contribution in [0.4, 0.5) is 0 Å². The second kappa shape index (κ2) is 2.80. The van der Waals surface area contributed by atoms with E-state index in [-0.39, 0.29) is 17.4 Å². The molecular formula is C9H11NO2S. The molecule has 2 rings (SSSR count). The van der Waals surface area contributed by atoms with Crippen molar-refractivity contribution in [3.05, 3.63) is 29.6 Å². The van der Waals surface area contributed by atoms with E-state index in [0.29, 0.717) is 0 Å². The summed E-state index contributed by atoms with van der Waals surface area (Å²) in [6.07, 6.45) is 1.72. The van der Waals surface area contributed by atoms with Crippen molar-refractivity contribution in [3.63, 3.8) is 0 Å². The summed E-state index contributed by atoms with van der Waals surface area (Å²) in [7, 11) is -2.89. The van der Waals surface area contributed by atoms with Crippen LogP contribution in [0.15, 0.2) is 18.3 Å². The number of nitrogens with zero attached hydrogens (tertiary/aromatic N) is 1. The van der Waals surface area contributed by atoms with E-state index in [9.17, 15) is 8.42 Å². The SMILES string of the molecule is CC1CS(=O)(=O)Cc2cccnc21. The maximum absolute atomic E-state index is 11.4. The van der Waals surface area contributed by atoms with Gasteiger partial charge in [0, 0.05) is 17.8 Å². The van der Waals surface area contributed by atoms with E-state index in [1.165, 1.54) is 0 Å². The third kappa shape index (κ3) is 1.58. The lowest BCUT2D eigenvalue weighted by Crippen LogP contribution is -2.23. The summed E-state index contributed by atoms with van der Waals surface area (Å²) in [6, 6.07) is 3.63. The summed E-state index contributed by atoms with van der Waals surface area (Å²) in [5.74, 6) is 0.423. The fourth-order valence-corrected chi connectivity index (χ4v) is 3.53.